The van der Waals surface area contributed by atoms with Gasteiger partial charge in [-0.3, -0.25) is 4.79 Å². The van der Waals surface area contributed by atoms with E-state index in [1.807, 2.05) is 0 Å². The third kappa shape index (κ3) is 5.44. The summed E-state index contributed by atoms with van der Waals surface area (Å²) >= 11 is 1.54. The second kappa shape index (κ2) is 7.92. The fourth-order valence-electron chi connectivity index (χ4n) is 2.71. The number of amides is 3. The lowest BCUT2D eigenvalue weighted by Crippen LogP contribution is -2.36. The number of nitrogens with zero attached hydrogens (tertiary/aromatic N) is 1. The van der Waals surface area contributed by atoms with Gasteiger partial charge in [-0.1, -0.05) is 32.9 Å². The van der Waals surface area contributed by atoms with E-state index in [-0.39, 0.29) is 17.4 Å². The Bertz CT molecular complexity index is 581. The number of rotatable bonds is 5. The molecule has 0 radical (unpaired) electrons. The molecule has 6 heteroatoms. The van der Waals surface area contributed by atoms with Gasteiger partial charge >= 0.3 is 6.03 Å². The van der Waals surface area contributed by atoms with Crippen LogP contribution in [0.25, 0.3) is 0 Å². The Hall–Kier alpha value is -1.69. The maximum absolute atomic E-state index is 12.0. The molecule has 1 heterocycles. The minimum atomic E-state index is -0.377. The zero-order valence-corrected chi connectivity index (χ0v) is 15.5. The minimum Gasteiger partial charge on any atom is -0.355 e. The molecule has 1 saturated heterocycles. The van der Waals surface area contributed by atoms with Gasteiger partial charge < -0.3 is 16.0 Å². The van der Waals surface area contributed by atoms with Crippen LogP contribution in [-0.4, -0.2) is 42.2 Å². The SMILES string of the molecule is CC(C)(C)c1ccc(SCC(=O)NCC2CCN(C(N)=O)C2)cc1. The monoisotopic (exact) mass is 349 g/mol. The van der Waals surface area contributed by atoms with Crippen molar-refractivity contribution in [3.63, 3.8) is 0 Å². The molecular weight excluding hydrogens is 322 g/mol. The first kappa shape index (κ1) is 18.6. The third-order valence-electron chi connectivity index (χ3n) is 4.28. The predicted octanol–water partition coefficient (Wildman–Crippen LogP) is 2.59. The van der Waals surface area contributed by atoms with Crippen LogP contribution in [0.3, 0.4) is 0 Å². The second-order valence-corrected chi connectivity index (χ2v) is 8.35. The van der Waals surface area contributed by atoms with Gasteiger partial charge in [0.15, 0.2) is 0 Å². The van der Waals surface area contributed by atoms with Crippen LogP contribution in [0.15, 0.2) is 29.2 Å². The van der Waals surface area contributed by atoms with Crippen molar-refractivity contribution >= 4 is 23.7 Å². The van der Waals surface area contributed by atoms with Crippen LogP contribution in [0.2, 0.25) is 0 Å². The highest BCUT2D eigenvalue weighted by Crippen LogP contribution is 2.25. The smallest absolute Gasteiger partial charge is 0.314 e. The fourth-order valence-corrected chi connectivity index (χ4v) is 3.44. The summed E-state index contributed by atoms with van der Waals surface area (Å²) < 4.78 is 0. The Kier molecular flexibility index (Phi) is 6.15. The van der Waals surface area contributed by atoms with Gasteiger partial charge in [-0.2, -0.15) is 0 Å². The van der Waals surface area contributed by atoms with E-state index in [1.54, 1.807) is 4.90 Å². The number of benzene rings is 1. The molecule has 1 aliphatic rings. The number of nitrogens with one attached hydrogen (secondary N) is 1. The average molecular weight is 350 g/mol. The predicted molar refractivity (Wildman–Crippen MR) is 98.1 cm³/mol. The van der Waals surface area contributed by atoms with Gasteiger partial charge in [-0.25, -0.2) is 4.79 Å². The summed E-state index contributed by atoms with van der Waals surface area (Å²) in [7, 11) is 0. The normalized spacial score (nSPS) is 17.8. The zero-order chi connectivity index (χ0) is 17.7. The Morgan fingerprint density at radius 1 is 1.29 bits per heavy atom. The number of nitrogens with two attached hydrogens (primary N) is 1. The molecular formula is C18H27N3O2S. The van der Waals surface area contributed by atoms with E-state index in [9.17, 15) is 9.59 Å². The Balaban J connectivity index is 1.71. The van der Waals surface area contributed by atoms with Crippen LogP contribution in [0.4, 0.5) is 4.79 Å². The molecule has 0 saturated carbocycles. The van der Waals surface area contributed by atoms with Crippen molar-refractivity contribution in [3.8, 4) is 0 Å². The van der Waals surface area contributed by atoms with E-state index < -0.39 is 0 Å². The molecule has 1 fully saturated rings. The van der Waals surface area contributed by atoms with E-state index in [0.717, 1.165) is 11.3 Å². The molecule has 2 rings (SSSR count). The van der Waals surface area contributed by atoms with Gasteiger partial charge in [0.2, 0.25) is 5.91 Å². The molecule has 0 aliphatic carbocycles. The minimum absolute atomic E-state index is 0.0254. The van der Waals surface area contributed by atoms with Crippen LogP contribution < -0.4 is 11.1 Å². The van der Waals surface area contributed by atoms with Crippen molar-refractivity contribution in [2.75, 3.05) is 25.4 Å². The summed E-state index contributed by atoms with van der Waals surface area (Å²) in [4.78, 5) is 25.8. The summed E-state index contributed by atoms with van der Waals surface area (Å²) in [6.07, 6.45) is 0.893. The van der Waals surface area contributed by atoms with Crippen molar-refractivity contribution in [2.24, 2.45) is 11.7 Å². The topological polar surface area (TPSA) is 75.4 Å². The first-order valence-corrected chi connectivity index (χ1v) is 9.28. The molecule has 5 nitrogen and oxygen atoms in total. The lowest BCUT2D eigenvalue weighted by molar-refractivity contribution is -0.118. The summed E-state index contributed by atoms with van der Waals surface area (Å²) in [6.45, 7) is 8.48. The molecule has 1 aromatic rings. The number of likely N-dealkylation sites (tertiary alicyclic amines) is 1. The van der Waals surface area contributed by atoms with Crippen molar-refractivity contribution in [3.05, 3.63) is 29.8 Å². The van der Waals surface area contributed by atoms with Crippen molar-refractivity contribution in [1.29, 1.82) is 0 Å². The lowest BCUT2D eigenvalue weighted by atomic mass is 9.87. The van der Waals surface area contributed by atoms with Crippen LogP contribution in [-0.2, 0) is 10.2 Å². The Labute approximate surface area is 148 Å². The summed E-state index contributed by atoms with van der Waals surface area (Å²) in [6, 6.07) is 8.01. The number of carbonyl (C=O) groups excluding carboxylic acids is 2. The van der Waals surface area contributed by atoms with E-state index in [0.29, 0.717) is 31.3 Å². The van der Waals surface area contributed by atoms with Crippen LogP contribution >= 0.6 is 11.8 Å². The van der Waals surface area contributed by atoms with Crippen molar-refractivity contribution < 1.29 is 9.59 Å². The molecule has 1 atom stereocenters. The Morgan fingerprint density at radius 2 is 1.96 bits per heavy atom. The largest absolute Gasteiger partial charge is 0.355 e. The standard InChI is InChI=1S/C18H27N3O2S/c1-18(2,3)14-4-6-15(7-5-14)24-12-16(22)20-10-13-8-9-21(11-13)17(19)23/h4-7,13H,8-12H2,1-3H3,(H2,19,23)(H,20,22). The maximum Gasteiger partial charge on any atom is 0.314 e. The molecule has 24 heavy (non-hydrogen) atoms. The van der Waals surface area contributed by atoms with E-state index in [1.165, 1.54) is 17.3 Å². The van der Waals surface area contributed by atoms with Gasteiger partial charge in [-0.05, 0) is 35.4 Å². The fraction of sp³-hybridized carbons (Fsp3) is 0.556. The van der Waals surface area contributed by atoms with Crippen LogP contribution in [0, 0.1) is 5.92 Å². The van der Waals surface area contributed by atoms with E-state index in [2.05, 4.69) is 50.4 Å². The van der Waals surface area contributed by atoms with Gasteiger partial charge in [0.25, 0.3) is 0 Å². The quantitative estimate of drug-likeness (QED) is 0.802. The molecule has 0 bridgehead atoms. The average Bonchev–Trinajstić information content (AvgIpc) is 3.00. The molecule has 0 aromatic heterocycles. The molecule has 3 N–H and O–H groups in total. The number of hydrogen-bond acceptors (Lipinski definition) is 3. The highest BCUT2D eigenvalue weighted by atomic mass is 32.2. The highest BCUT2D eigenvalue weighted by Gasteiger charge is 2.24. The third-order valence-corrected chi connectivity index (χ3v) is 5.29. The molecule has 3 amide bonds. The molecule has 1 aliphatic heterocycles. The number of primary amides is 1. The summed E-state index contributed by atoms with van der Waals surface area (Å²) in [5, 5.41) is 2.95. The van der Waals surface area contributed by atoms with Gasteiger partial charge in [-0.15, -0.1) is 11.8 Å². The number of hydrogen-bond donors (Lipinski definition) is 2. The van der Waals surface area contributed by atoms with Crippen LogP contribution in [0.5, 0.6) is 0 Å². The Morgan fingerprint density at radius 3 is 2.50 bits per heavy atom. The summed E-state index contributed by atoms with van der Waals surface area (Å²) in [5.41, 5.74) is 6.69. The maximum atomic E-state index is 12.0. The van der Waals surface area contributed by atoms with E-state index in [4.69, 9.17) is 5.73 Å². The van der Waals surface area contributed by atoms with Crippen molar-refractivity contribution in [2.45, 2.75) is 37.5 Å². The second-order valence-electron chi connectivity index (χ2n) is 7.31. The first-order chi connectivity index (χ1) is 11.3. The number of urea groups is 1. The number of carbonyl (C=O) groups is 2. The molecule has 1 aromatic carbocycles. The summed E-state index contributed by atoms with van der Waals surface area (Å²) in [5.74, 6) is 0.733. The van der Waals surface area contributed by atoms with Crippen LogP contribution in [0.1, 0.15) is 32.8 Å². The number of thioether (sulfide) groups is 1. The lowest BCUT2D eigenvalue weighted by Gasteiger charge is -2.19. The van der Waals surface area contributed by atoms with Gasteiger partial charge in [0.1, 0.15) is 0 Å². The zero-order valence-electron chi connectivity index (χ0n) is 14.7. The van der Waals surface area contributed by atoms with Gasteiger partial charge in [0, 0.05) is 24.5 Å². The molecule has 0 spiro atoms. The van der Waals surface area contributed by atoms with Crippen molar-refractivity contribution in [1.82, 2.24) is 10.2 Å². The van der Waals surface area contributed by atoms with E-state index >= 15 is 0 Å². The molecule has 1 unspecified atom stereocenters. The first-order valence-electron chi connectivity index (χ1n) is 8.30. The molecule has 132 valence electrons. The van der Waals surface area contributed by atoms with Gasteiger partial charge in [0.05, 0.1) is 5.75 Å². The highest BCUT2D eigenvalue weighted by molar-refractivity contribution is 8.00.